The number of hydrogen-bond donors (Lipinski definition) is 3. The standard InChI is InChI=1S/C28H28F4N6O2S/c1-16(2)20-7-5-6-8-22(20)34-27(41)35-33-15-17-13-21(29)24-23(14-17)38(4)36-25(24)26(39)37(3)18-9-11-19(12-10-18)40-28(30,31)32/h5-14,16,33H,15H2,1-4H3,(H2,34,35,41). The second-order valence-electron chi connectivity index (χ2n) is 9.52. The second kappa shape index (κ2) is 12.1. The molecular formula is C28H28F4N6O2S. The molecule has 0 bridgehead atoms. The first-order chi connectivity index (χ1) is 19.3. The Balaban J connectivity index is 1.45. The van der Waals surface area contributed by atoms with Crippen LogP contribution in [0.5, 0.6) is 5.75 Å². The zero-order valence-electron chi connectivity index (χ0n) is 22.6. The Hall–Kier alpha value is -4.23. The number of rotatable bonds is 8. The van der Waals surface area contributed by atoms with Gasteiger partial charge in [0.1, 0.15) is 11.6 Å². The molecule has 1 amide bonds. The molecule has 8 nitrogen and oxygen atoms in total. The third-order valence-electron chi connectivity index (χ3n) is 6.25. The molecule has 13 heteroatoms. The summed E-state index contributed by atoms with van der Waals surface area (Å²) in [6, 6.07) is 15.6. The molecule has 0 aliphatic carbocycles. The molecule has 0 radical (unpaired) electrons. The average Bonchev–Trinajstić information content (AvgIpc) is 3.24. The van der Waals surface area contributed by atoms with E-state index >= 15 is 4.39 Å². The van der Waals surface area contributed by atoms with E-state index in [0.29, 0.717) is 22.1 Å². The first-order valence-corrected chi connectivity index (χ1v) is 12.9. The highest BCUT2D eigenvalue weighted by Crippen LogP contribution is 2.28. The van der Waals surface area contributed by atoms with Crippen LogP contribution in [-0.4, -0.2) is 34.2 Å². The molecule has 3 N–H and O–H groups in total. The molecule has 0 aliphatic heterocycles. The molecular weight excluding hydrogens is 560 g/mol. The van der Waals surface area contributed by atoms with E-state index in [9.17, 15) is 18.0 Å². The lowest BCUT2D eigenvalue weighted by molar-refractivity contribution is -0.274. The molecule has 0 saturated carbocycles. The normalized spacial score (nSPS) is 11.5. The molecule has 0 fully saturated rings. The van der Waals surface area contributed by atoms with Gasteiger partial charge >= 0.3 is 6.36 Å². The molecule has 0 aliphatic rings. The van der Waals surface area contributed by atoms with Crippen LogP contribution in [0, 0.1) is 5.82 Å². The van der Waals surface area contributed by atoms with Gasteiger partial charge < -0.3 is 15.0 Å². The molecule has 0 spiro atoms. The van der Waals surface area contributed by atoms with Crippen molar-refractivity contribution in [1.29, 1.82) is 0 Å². The van der Waals surface area contributed by atoms with E-state index in [4.69, 9.17) is 12.2 Å². The van der Waals surface area contributed by atoms with Crippen LogP contribution in [0.4, 0.5) is 28.9 Å². The molecule has 4 aromatic rings. The summed E-state index contributed by atoms with van der Waals surface area (Å²) in [5.41, 5.74) is 8.96. The predicted molar refractivity (Wildman–Crippen MR) is 153 cm³/mol. The number of alkyl halides is 3. The summed E-state index contributed by atoms with van der Waals surface area (Å²) < 4.78 is 57.9. The van der Waals surface area contributed by atoms with Crippen molar-refractivity contribution in [2.75, 3.05) is 17.3 Å². The summed E-state index contributed by atoms with van der Waals surface area (Å²) in [7, 11) is 3.00. The van der Waals surface area contributed by atoms with E-state index in [2.05, 4.69) is 39.9 Å². The predicted octanol–water partition coefficient (Wildman–Crippen LogP) is 6.00. The molecule has 3 aromatic carbocycles. The monoisotopic (exact) mass is 588 g/mol. The number of nitrogens with one attached hydrogen (secondary N) is 3. The maximum absolute atomic E-state index is 15.3. The van der Waals surface area contributed by atoms with Crippen LogP contribution in [0.25, 0.3) is 10.9 Å². The van der Waals surface area contributed by atoms with E-state index in [1.165, 1.54) is 34.8 Å². The van der Waals surface area contributed by atoms with Crippen molar-refractivity contribution in [2.24, 2.45) is 7.05 Å². The molecule has 1 aromatic heterocycles. The number of ether oxygens (including phenoxy) is 1. The van der Waals surface area contributed by atoms with Gasteiger partial charge in [0.15, 0.2) is 10.8 Å². The van der Waals surface area contributed by atoms with Gasteiger partial charge in [0, 0.05) is 32.0 Å². The van der Waals surface area contributed by atoms with Gasteiger partial charge in [0.25, 0.3) is 5.91 Å². The number of nitrogens with zero attached hydrogens (tertiary/aromatic N) is 3. The van der Waals surface area contributed by atoms with Gasteiger partial charge in [-0.1, -0.05) is 32.0 Å². The number of fused-ring (bicyclic) bond motifs is 1. The highest BCUT2D eigenvalue weighted by molar-refractivity contribution is 7.80. The third-order valence-corrected chi connectivity index (χ3v) is 6.46. The van der Waals surface area contributed by atoms with E-state index in [0.717, 1.165) is 23.4 Å². The van der Waals surface area contributed by atoms with Gasteiger partial charge in [-0.05, 0) is 71.7 Å². The number of thiocarbonyl (C=S) groups is 1. The quantitative estimate of drug-likeness (QED) is 0.132. The minimum Gasteiger partial charge on any atom is -0.406 e. The van der Waals surface area contributed by atoms with Gasteiger partial charge in [0.05, 0.1) is 10.9 Å². The van der Waals surface area contributed by atoms with Gasteiger partial charge in [-0.15, -0.1) is 13.2 Å². The maximum Gasteiger partial charge on any atom is 0.573 e. The summed E-state index contributed by atoms with van der Waals surface area (Å²) in [5.74, 6) is -1.41. The average molecular weight is 589 g/mol. The minimum absolute atomic E-state index is 0.0283. The van der Waals surface area contributed by atoms with Gasteiger partial charge in [0.2, 0.25) is 0 Å². The van der Waals surface area contributed by atoms with E-state index in [1.807, 2.05) is 24.3 Å². The first kappa shape index (κ1) is 29.7. The number of hydrogen-bond acceptors (Lipinski definition) is 5. The number of anilines is 2. The number of para-hydroxylation sites is 1. The highest BCUT2D eigenvalue weighted by atomic mass is 32.1. The fraction of sp³-hybridized carbons (Fsp3) is 0.250. The largest absolute Gasteiger partial charge is 0.573 e. The molecule has 0 unspecified atom stereocenters. The highest BCUT2D eigenvalue weighted by Gasteiger charge is 2.31. The summed E-state index contributed by atoms with van der Waals surface area (Å²) in [6.45, 7) is 4.38. The SMILES string of the molecule is CC(C)c1ccccc1NC(=S)NNCc1cc(F)c2c(C(=O)N(C)c3ccc(OC(F)(F)F)cc3)nn(C)c2c1. The number of aryl methyl sites for hydroxylation is 1. The van der Waals surface area contributed by atoms with Crippen molar-refractivity contribution in [1.82, 2.24) is 20.6 Å². The van der Waals surface area contributed by atoms with Gasteiger partial charge in [-0.25, -0.2) is 9.82 Å². The van der Waals surface area contributed by atoms with Crippen LogP contribution in [-0.2, 0) is 13.6 Å². The van der Waals surface area contributed by atoms with Gasteiger partial charge in [-0.2, -0.15) is 5.10 Å². The van der Waals surface area contributed by atoms with Crippen molar-refractivity contribution >= 4 is 45.5 Å². The van der Waals surface area contributed by atoms with Crippen LogP contribution < -0.4 is 25.8 Å². The Bertz CT molecular complexity index is 1570. The van der Waals surface area contributed by atoms with Crippen LogP contribution in [0.15, 0.2) is 60.7 Å². The lowest BCUT2D eigenvalue weighted by Gasteiger charge is -2.17. The maximum atomic E-state index is 15.3. The summed E-state index contributed by atoms with van der Waals surface area (Å²) >= 11 is 5.38. The molecule has 0 atom stereocenters. The fourth-order valence-electron chi connectivity index (χ4n) is 4.28. The summed E-state index contributed by atoms with van der Waals surface area (Å²) in [5, 5.41) is 7.75. The zero-order valence-corrected chi connectivity index (χ0v) is 23.5. The Morgan fingerprint density at radius 2 is 1.80 bits per heavy atom. The number of aromatic nitrogens is 2. The summed E-state index contributed by atoms with van der Waals surface area (Å²) in [6.07, 6.45) is -4.83. The Morgan fingerprint density at radius 3 is 2.46 bits per heavy atom. The van der Waals surface area contributed by atoms with E-state index in [-0.39, 0.29) is 23.3 Å². The molecule has 216 valence electrons. The van der Waals surface area contributed by atoms with Crippen molar-refractivity contribution in [2.45, 2.75) is 32.7 Å². The molecule has 0 saturated heterocycles. The van der Waals surface area contributed by atoms with Crippen molar-refractivity contribution in [3.05, 3.63) is 83.3 Å². The van der Waals surface area contributed by atoms with E-state index < -0.39 is 23.8 Å². The lowest BCUT2D eigenvalue weighted by atomic mass is 10.0. The van der Waals surface area contributed by atoms with Crippen LogP contribution >= 0.6 is 12.2 Å². The summed E-state index contributed by atoms with van der Waals surface area (Å²) in [4.78, 5) is 14.4. The Labute approximate surface area is 239 Å². The third kappa shape index (κ3) is 7.11. The second-order valence-corrected chi connectivity index (χ2v) is 9.93. The minimum atomic E-state index is -4.83. The number of halogens is 4. The number of carbonyl (C=O) groups excluding carboxylic acids is 1. The zero-order chi connectivity index (χ0) is 29.9. The van der Waals surface area contributed by atoms with E-state index in [1.54, 1.807) is 13.1 Å². The topological polar surface area (TPSA) is 83.4 Å². The number of benzene rings is 3. The Kier molecular flexibility index (Phi) is 8.78. The first-order valence-electron chi connectivity index (χ1n) is 12.5. The van der Waals surface area contributed by atoms with Crippen LogP contribution in [0.2, 0.25) is 0 Å². The van der Waals surface area contributed by atoms with Crippen molar-refractivity contribution in [3.63, 3.8) is 0 Å². The smallest absolute Gasteiger partial charge is 0.406 e. The lowest BCUT2D eigenvalue weighted by Crippen LogP contribution is -2.39. The number of carbonyl (C=O) groups is 1. The molecule has 1 heterocycles. The van der Waals surface area contributed by atoms with Crippen LogP contribution in [0.1, 0.15) is 41.4 Å². The number of hydrazine groups is 1. The van der Waals surface area contributed by atoms with Gasteiger partial charge in [-0.3, -0.25) is 14.9 Å². The van der Waals surface area contributed by atoms with Crippen LogP contribution in [0.3, 0.4) is 0 Å². The van der Waals surface area contributed by atoms with Crippen molar-refractivity contribution in [3.8, 4) is 5.75 Å². The fourth-order valence-corrected chi connectivity index (χ4v) is 4.47. The number of amides is 1. The Morgan fingerprint density at radius 1 is 1.12 bits per heavy atom. The molecule has 41 heavy (non-hydrogen) atoms. The molecule has 4 rings (SSSR count). The van der Waals surface area contributed by atoms with Crippen molar-refractivity contribution < 1.29 is 27.1 Å².